The number of aromatic nitrogens is 1. The fourth-order valence-electron chi connectivity index (χ4n) is 1.94. The molecule has 0 bridgehead atoms. The van der Waals surface area contributed by atoms with E-state index in [2.05, 4.69) is 4.98 Å². The molecule has 2 aromatic rings. The average molecular weight is 259 g/mol. The SMILES string of the molecule is COCCOC(=O)c1cc(C)nc2ccc(C)cc12. The predicted molar refractivity (Wildman–Crippen MR) is 73.4 cm³/mol. The third-order valence-corrected chi connectivity index (χ3v) is 2.83. The predicted octanol–water partition coefficient (Wildman–Crippen LogP) is 2.65. The van der Waals surface area contributed by atoms with Gasteiger partial charge in [-0.2, -0.15) is 0 Å². The lowest BCUT2D eigenvalue weighted by atomic mass is 10.1. The summed E-state index contributed by atoms with van der Waals surface area (Å²) in [6, 6.07) is 7.62. The molecule has 0 N–H and O–H groups in total. The van der Waals surface area contributed by atoms with Gasteiger partial charge in [0.05, 0.1) is 17.7 Å². The summed E-state index contributed by atoms with van der Waals surface area (Å²) in [4.78, 5) is 16.5. The zero-order valence-corrected chi connectivity index (χ0v) is 11.4. The van der Waals surface area contributed by atoms with Gasteiger partial charge in [-0.15, -0.1) is 0 Å². The highest BCUT2D eigenvalue weighted by molar-refractivity contribution is 6.03. The molecule has 1 aromatic heterocycles. The molecule has 0 aliphatic rings. The van der Waals surface area contributed by atoms with Gasteiger partial charge in [-0.1, -0.05) is 11.6 Å². The van der Waals surface area contributed by atoms with Crippen LogP contribution in [0.4, 0.5) is 0 Å². The van der Waals surface area contributed by atoms with E-state index in [1.54, 1.807) is 13.2 Å². The topological polar surface area (TPSA) is 48.4 Å². The smallest absolute Gasteiger partial charge is 0.338 e. The fraction of sp³-hybridized carbons (Fsp3) is 0.333. The highest BCUT2D eigenvalue weighted by Crippen LogP contribution is 2.20. The third kappa shape index (κ3) is 3.09. The van der Waals surface area contributed by atoms with Gasteiger partial charge >= 0.3 is 5.97 Å². The molecule has 0 unspecified atom stereocenters. The number of aryl methyl sites for hydroxylation is 2. The molecular formula is C15H17NO3. The molecule has 0 fully saturated rings. The Balaban J connectivity index is 2.40. The van der Waals surface area contributed by atoms with Gasteiger partial charge in [0.25, 0.3) is 0 Å². The molecule has 0 spiro atoms. The molecule has 2 rings (SSSR count). The highest BCUT2D eigenvalue weighted by Gasteiger charge is 2.13. The van der Waals surface area contributed by atoms with Gasteiger partial charge in [0.15, 0.2) is 0 Å². The van der Waals surface area contributed by atoms with E-state index in [-0.39, 0.29) is 12.6 Å². The Hall–Kier alpha value is -1.94. The van der Waals surface area contributed by atoms with E-state index in [9.17, 15) is 4.79 Å². The van der Waals surface area contributed by atoms with Gasteiger partial charge in [-0.25, -0.2) is 4.79 Å². The first-order valence-corrected chi connectivity index (χ1v) is 6.16. The molecule has 0 radical (unpaired) electrons. The number of carbonyl (C=O) groups excluding carboxylic acids is 1. The van der Waals surface area contributed by atoms with Crippen LogP contribution in [-0.2, 0) is 9.47 Å². The van der Waals surface area contributed by atoms with Crippen LogP contribution >= 0.6 is 0 Å². The lowest BCUT2D eigenvalue weighted by molar-refractivity contribution is 0.0390. The lowest BCUT2D eigenvalue weighted by Gasteiger charge is -2.09. The van der Waals surface area contributed by atoms with Crippen molar-refractivity contribution in [3.63, 3.8) is 0 Å². The minimum absolute atomic E-state index is 0.254. The first kappa shape index (κ1) is 13.5. The molecule has 1 heterocycles. The first-order chi connectivity index (χ1) is 9.11. The number of nitrogens with zero attached hydrogens (tertiary/aromatic N) is 1. The van der Waals surface area contributed by atoms with Crippen LogP contribution in [0.25, 0.3) is 10.9 Å². The Labute approximate surface area is 112 Å². The molecule has 0 aliphatic heterocycles. The van der Waals surface area contributed by atoms with Crippen molar-refractivity contribution in [1.29, 1.82) is 0 Å². The lowest BCUT2D eigenvalue weighted by Crippen LogP contribution is -2.11. The van der Waals surface area contributed by atoms with Crippen molar-refractivity contribution >= 4 is 16.9 Å². The van der Waals surface area contributed by atoms with Crippen molar-refractivity contribution in [2.75, 3.05) is 20.3 Å². The molecule has 4 heteroatoms. The summed E-state index contributed by atoms with van der Waals surface area (Å²) in [6.45, 7) is 4.50. The maximum atomic E-state index is 12.1. The van der Waals surface area contributed by atoms with Gasteiger partial charge in [-0.3, -0.25) is 4.98 Å². The molecule has 0 aliphatic carbocycles. The second-order valence-electron chi connectivity index (χ2n) is 4.46. The Kier molecular flexibility index (Phi) is 4.12. The van der Waals surface area contributed by atoms with Gasteiger partial charge in [0, 0.05) is 18.2 Å². The number of fused-ring (bicyclic) bond motifs is 1. The highest BCUT2D eigenvalue weighted by atomic mass is 16.6. The number of carbonyl (C=O) groups is 1. The van der Waals surface area contributed by atoms with Crippen LogP contribution in [-0.4, -0.2) is 31.3 Å². The van der Waals surface area contributed by atoms with E-state index in [0.717, 1.165) is 22.2 Å². The van der Waals surface area contributed by atoms with E-state index < -0.39 is 0 Å². The van der Waals surface area contributed by atoms with Crippen LogP contribution in [0.3, 0.4) is 0 Å². The van der Waals surface area contributed by atoms with E-state index in [0.29, 0.717) is 12.2 Å². The van der Waals surface area contributed by atoms with Gasteiger partial charge in [0.1, 0.15) is 6.61 Å². The summed E-state index contributed by atoms with van der Waals surface area (Å²) in [7, 11) is 1.57. The molecule has 1 aromatic carbocycles. The second kappa shape index (κ2) is 5.80. The molecular weight excluding hydrogens is 242 g/mol. The summed E-state index contributed by atoms with van der Waals surface area (Å²) in [5.41, 5.74) is 3.26. The van der Waals surface area contributed by atoms with E-state index in [1.807, 2.05) is 32.0 Å². The van der Waals surface area contributed by atoms with Gasteiger partial charge < -0.3 is 9.47 Å². The normalized spacial score (nSPS) is 10.7. The van der Waals surface area contributed by atoms with Gasteiger partial charge in [0.2, 0.25) is 0 Å². The van der Waals surface area contributed by atoms with Crippen molar-refractivity contribution in [2.45, 2.75) is 13.8 Å². The van der Waals surface area contributed by atoms with Crippen molar-refractivity contribution < 1.29 is 14.3 Å². The van der Waals surface area contributed by atoms with Crippen molar-refractivity contribution in [3.8, 4) is 0 Å². The monoisotopic (exact) mass is 259 g/mol. The summed E-state index contributed by atoms with van der Waals surface area (Å²) >= 11 is 0. The number of benzene rings is 1. The van der Waals surface area contributed by atoms with Crippen LogP contribution in [0.5, 0.6) is 0 Å². The third-order valence-electron chi connectivity index (χ3n) is 2.83. The van der Waals surface area contributed by atoms with E-state index in [1.165, 1.54) is 0 Å². The maximum Gasteiger partial charge on any atom is 0.338 e. The number of ether oxygens (including phenoxy) is 2. The van der Waals surface area contributed by atoms with Crippen LogP contribution in [0, 0.1) is 13.8 Å². The standard InChI is InChI=1S/C15H17NO3/c1-10-4-5-14-12(8-10)13(9-11(2)16-14)15(17)19-7-6-18-3/h4-5,8-9H,6-7H2,1-3H3. The van der Waals surface area contributed by atoms with E-state index in [4.69, 9.17) is 9.47 Å². The number of rotatable bonds is 4. The molecule has 100 valence electrons. The fourth-order valence-corrected chi connectivity index (χ4v) is 1.94. The molecule has 0 saturated heterocycles. The number of hydrogen-bond donors (Lipinski definition) is 0. The number of methoxy groups -OCH3 is 1. The average Bonchev–Trinajstić information content (AvgIpc) is 2.38. The van der Waals surface area contributed by atoms with Crippen molar-refractivity contribution in [3.05, 3.63) is 41.1 Å². The molecule has 0 saturated carbocycles. The van der Waals surface area contributed by atoms with Crippen LogP contribution in [0.15, 0.2) is 24.3 Å². The molecule has 4 nitrogen and oxygen atoms in total. The van der Waals surface area contributed by atoms with E-state index >= 15 is 0 Å². The molecule has 0 amide bonds. The van der Waals surface area contributed by atoms with Crippen LogP contribution in [0.1, 0.15) is 21.6 Å². The Morgan fingerprint density at radius 3 is 2.74 bits per heavy atom. The van der Waals surface area contributed by atoms with Crippen molar-refractivity contribution in [2.24, 2.45) is 0 Å². The largest absolute Gasteiger partial charge is 0.460 e. The summed E-state index contributed by atoms with van der Waals surface area (Å²) in [6.07, 6.45) is 0. The van der Waals surface area contributed by atoms with Crippen LogP contribution in [0.2, 0.25) is 0 Å². The zero-order valence-electron chi connectivity index (χ0n) is 11.4. The molecule has 0 atom stereocenters. The van der Waals surface area contributed by atoms with Gasteiger partial charge in [-0.05, 0) is 32.0 Å². The quantitative estimate of drug-likeness (QED) is 0.625. The van der Waals surface area contributed by atoms with Crippen molar-refractivity contribution in [1.82, 2.24) is 4.98 Å². The summed E-state index contributed by atoms with van der Waals surface area (Å²) in [5, 5.41) is 0.827. The minimum atomic E-state index is -0.335. The second-order valence-corrected chi connectivity index (χ2v) is 4.46. The number of pyridine rings is 1. The minimum Gasteiger partial charge on any atom is -0.460 e. The Bertz CT molecular complexity index is 608. The summed E-state index contributed by atoms with van der Waals surface area (Å²) < 4.78 is 10.0. The Morgan fingerprint density at radius 2 is 2.00 bits per heavy atom. The number of hydrogen-bond acceptors (Lipinski definition) is 4. The molecule has 19 heavy (non-hydrogen) atoms. The number of esters is 1. The maximum absolute atomic E-state index is 12.1. The first-order valence-electron chi connectivity index (χ1n) is 6.16. The zero-order chi connectivity index (χ0) is 13.8. The summed E-state index contributed by atoms with van der Waals surface area (Å²) in [5.74, 6) is -0.335. The van der Waals surface area contributed by atoms with Crippen LogP contribution < -0.4 is 0 Å². The Morgan fingerprint density at radius 1 is 1.21 bits per heavy atom.